The van der Waals surface area contributed by atoms with Crippen LogP contribution in [0.25, 0.3) is 5.82 Å². The van der Waals surface area contributed by atoms with Crippen LogP contribution in [0.3, 0.4) is 0 Å². The second kappa shape index (κ2) is 8.19. The Kier molecular flexibility index (Phi) is 5.43. The first-order chi connectivity index (χ1) is 14.8. The Balaban J connectivity index is 1.51. The quantitative estimate of drug-likeness (QED) is 0.488. The lowest BCUT2D eigenvalue weighted by molar-refractivity contribution is 0.461. The van der Waals surface area contributed by atoms with Crippen molar-refractivity contribution in [3.05, 3.63) is 84.2 Å². The molecule has 2 aromatic heterocycles. The number of hydrogen-bond donors (Lipinski definition) is 1. The Hall–Kier alpha value is -3.72. The Morgan fingerprint density at radius 1 is 0.968 bits per heavy atom. The van der Waals surface area contributed by atoms with Crippen molar-refractivity contribution >= 4 is 15.7 Å². The van der Waals surface area contributed by atoms with Gasteiger partial charge in [-0.2, -0.15) is 0 Å². The SMILES string of the molecule is Cc1cc(C)c(S(=O)(=O)Nc2ccc(Oc3cc(-n4ccnc4)ncn3)cc2)c(C)c1. The van der Waals surface area contributed by atoms with Gasteiger partial charge in [-0.1, -0.05) is 17.7 Å². The van der Waals surface area contributed by atoms with Crippen LogP contribution < -0.4 is 9.46 Å². The number of benzene rings is 2. The predicted molar refractivity (Wildman–Crippen MR) is 117 cm³/mol. The van der Waals surface area contributed by atoms with Crippen molar-refractivity contribution in [1.29, 1.82) is 0 Å². The number of sulfonamides is 1. The molecule has 1 N–H and O–H groups in total. The predicted octanol–water partition coefficient (Wildman–Crippen LogP) is 4.18. The molecule has 0 aliphatic carbocycles. The molecule has 0 aliphatic heterocycles. The van der Waals surface area contributed by atoms with Crippen LogP contribution in [0.5, 0.6) is 11.6 Å². The largest absolute Gasteiger partial charge is 0.439 e. The molecule has 9 heteroatoms. The number of aromatic nitrogens is 4. The Morgan fingerprint density at radius 3 is 2.32 bits per heavy atom. The molecular weight excluding hydrogens is 414 g/mol. The number of rotatable bonds is 6. The number of anilines is 1. The second-order valence-corrected chi connectivity index (χ2v) is 8.76. The first-order valence-electron chi connectivity index (χ1n) is 9.51. The third kappa shape index (κ3) is 4.56. The van der Waals surface area contributed by atoms with Crippen LogP contribution in [-0.2, 0) is 10.0 Å². The summed E-state index contributed by atoms with van der Waals surface area (Å²) in [5, 5.41) is 0. The lowest BCUT2D eigenvalue weighted by Gasteiger charge is -2.14. The van der Waals surface area contributed by atoms with Crippen molar-refractivity contribution in [1.82, 2.24) is 19.5 Å². The standard InChI is InChI=1S/C22H21N5O3S/c1-15-10-16(2)22(17(3)11-15)31(28,29)26-18-4-6-19(7-5-18)30-21-12-20(24-13-25-21)27-9-8-23-14-27/h4-14,26H,1-3H3. The fourth-order valence-corrected chi connectivity index (χ4v) is 4.94. The summed E-state index contributed by atoms with van der Waals surface area (Å²) in [6, 6.07) is 12.0. The molecule has 0 unspecified atom stereocenters. The summed E-state index contributed by atoms with van der Waals surface area (Å²) in [4.78, 5) is 12.6. The zero-order valence-electron chi connectivity index (χ0n) is 17.3. The molecule has 0 spiro atoms. The number of aryl methyl sites for hydroxylation is 3. The van der Waals surface area contributed by atoms with E-state index in [0.29, 0.717) is 39.2 Å². The van der Waals surface area contributed by atoms with E-state index in [4.69, 9.17) is 4.74 Å². The minimum Gasteiger partial charge on any atom is -0.439 e. The molecule has 158 valence electrons. The number of nitrogens with zero attached hydrogens (tertiary/aromatic N) is 4. The van der Waals surface area contributed by atoms with E-state index in [9.17, 15) is 8.42 Å². The Labute approximate surface area is 180 Å². The summed E-state index contributed by atoms with van der Waals surface area (Å²) in [7, 11) is -3.71. The van der Waals surface area contributed by atoms with Crippen molar-refractivity contribution in [3.8, 4) is 17.4 Å². The maximum Gasteiger partial charge on any atom is 0.262 e. The van der Waals surface area contributed by atoms with Gasteiger partial charge in [-0.3, -0.25) is 9.29 Å². The van der Waals surface area contributed by atoms with E-state index in [1.54, 1.807) is 67.5 Å². The normalized spacial score (nSPS) is 11.3. The molecular formula is C22H21N5O3S. The molecule has 0 saturated carbocycles. The van der Waals surface area contributed by atoms with Crippen LogP contribution in [0, 0.1) is 20.8 Å². The molecule has 2 aromatic carbocycles. The smallest absolute Gasteiger partial charge is 0.262 e. The van der Waals surface area contributed by atoms with E-state index in [1.807, 2.05) is 19.1 Å². The second-order valence-electron chi connectivity index (χ2n) is 7.14. The third-order valence-electron chi connectivity index (χ3n) is 4.60. The van der Waals surface area contributed by atoms with Crippen LogP contribution in [0.15, 0.2) is 72.4 Å². The van der Waals surface area contributed by atoms with Crippen LogP contribution >= 0.6 is 0 Å². The summed E-state index contributed by atoms with van der Waals surface area (Å²) >= 11 is 0. The molecule has 4 rings (SSSR count). The average Bonchev–Trinajstić information content (AvgIpc) is 3.23. The van der Waals surface area contributed by atoms with Crippen LogP contribution in [0.4, 0.5) is 5.69 Å². The Bertz CT molecular complexity index is 1290. The maximum absolute atomic E-state index is 12.9. The van der Waals surface area contributed by atoms with Gasteiger partial charge in [-0.25, -0.2) is 23.4 Å². The van der Waals surface area contributed by atoms with Gasteiger partial charge in [0.1, 0.15) is 24.2 Å². The van der Waals surface area contributed by atoms with Gasteiger partial charge >= 0.3 is 0 Å². The van der Waals surface area contributed by atoms with E-state index in [-0.39, 0.29) is 0 Å². The zero-order valence-corrected chi connectivity index (χ0v) is 18.1. The molecule has 8 nitrogen and oxygen atoms in total. The molecule has 0 aliphatic rings. The summed E-state index contributed by atoms with van der Waals surface area (Å²) in [5.41, 5.74) is 2.88. The number of imidazole rings is 1. The summed E-state index contributed by atoms with van der Waals surface area (Å²) in [6.07, 6.45) is 6.45. The highest BCUT2D eigenvalue weighted by molar-refractivity contribution is 7.92. The highest BCUT2D eigenvalue weighted by Crippen LogP contribution is 2.26. The van der Waals surface area contributed by atoms with Crippen molar-refractivity contribution in [2.75, 3.05) is 4.72 Å². The highest BCUT2D eigenvalue weighted by Gasteiger charge is 2.20. The molecule has 2 heterocycles. The first kappa shape index (κ1) is 20.5. The van der Waals surface area contributed by atoms with E-state index >= 15 is 0 Å². The van der Waals surface area contributed by atoms with Gasteiger partial charge in [0, 0.05) is 24.1 Å². The minimum absolute atomic E-state index is 0.298. The van der Waals surface area contributed by atoms with Crippen molar-refractivity contribution in [3.63, 3.8) is 0 Å². The summed E-state index contributed by atoms with van der Waals surface area (Å²) < 4.78 is 36.0. The van der Waals surface area contributed by atoms with E-state index < -0.39 is 10.0 Å². The molecule has 0 saturated heterocycles. The van der Waals surface area contributed by atoms with Gasteiger partial charge in [-0.05, 0) is 56.2 Å². The fourth-order valence-electron chi connectivity index (χ4n) is 3.43. The Morgan fingerprint density at radius 2 is 1.68 bits per heavy atom. The molecule has 0 amide bonds. The van der Waals surface area contributed by atoms with Gasteiger partial charge in [0.05, 0.1) is 4.90 Å². The molecule has 0 bridgehead atoms. The van der Waals surface area contributed by atoms with Gasteiger partial charge in [0.25, 0.3) is 10.0 Å². The molecule has 31 heavy (non-hydrogen) atoms. The monoisotopic (exact) mass is 435 g/mol. The van der Waals surface area contributed by atoms with Crippen LogP contribution in [0.1, 0.15) is 16.7 Å². The van der Waals surface area contributed by atoms with E-state index in [1.165, 1.54) is 6.33 Å². The van der Waals surface area contributed by atoms with Crippen LogP contribution in [0.2, 0.25) is 0 Å². The molecule has 4 aromatic rings. The van der Waals surface area contributed by atoms with Gasteiger partial charge in [-0.15, -0.1) is 0 Å². The van der Waals surface area contributed by atoms with Gasteiger partial charge in [0.15, 0.2) is 0 Å². The summed E-state index contributed by atoms with van der Waals surface area (Å²) in [5.74, 6) is 1.49. The first-order valence-corrected chi connectivity index (χ1v) is 11.0. The lowest BCUT2D eigenvalue weighted by Crippen LogP contribution is -2.15. The minimum atomic E-state index is -3.71. The highest BCUT2D eigenvalue weighted by atomic mass is 32.2. The van der Waals surface area contributed by atoms with Gasteiger partial charge in [0.2, 0.25) is 5.88 Å². The summed E-state index contributed by atoms with van der Waals surface area (Å²) in [6.45, 7) is 5.54. The van der Waals surface area contributed by atoms with E-state index in [2.05, 4.69) is 19.7 Å². The lowest BCUT2D eigenvalue weighted by atomic mass is 10.1. The molecule has 0 radical (unpaired) electrons. The van der Waals surface area contributed by atoms with Crippen molar-refractivity contribution in [2.24, 2.45) is 0 Å². The number of ether oxygens (including phenoxy) is 1. The zero-order chi connectivity index (χ0) is 22.0. The van der Waals surface area contributed by atoms with E-state index in [0.717, 1.165) is 5.56 Å². The van der Waals surface area contributed by atoms with Crippen LogP contribution in [-0.4, -0.2) is 27.9 Å². The molecule has 0 fully saturated rings. The molecule has 0 atom stereocenters. The van der Waals surface area contributed by atoms with Gasteiger partial charge < -0.3 is 4.74 Å². The number of nitrogens with one attached hydrogen (secondary N) is 1. The van der Waals surface area contributed by atoms with Crippen molar-refractivity contribution in [2.45, 2.75) is 25.7 Å². The third-order valence-corrected chi connectivity index (χ3v) is 6.28. The average molecular weight is 436 g/mol. The maximum atomic E-state index is 12.9. The topological polar surface area (TPSA) is 99.0 Å². The fraction of sp³-hybridized carbons (Fsp3) is 0.136. The van der Waals surface area contributed by atoms with Crippen molar-refractivity contribution < 1.29 is 13.2 Å². The number of hydrogen-bond acceptors (Lipinski definition) is 6.